The molecule has 1 heterocycles. The number of aryl methyl sites for hydroxylation is 1. The Labute approximate surface area is 161 Å². The third-order valence-corrected chi connectivity index (χ3v) is 5.54. The zero-order chi connectivity index (χ0) is 19.2. The van der Waals surface area contributed by atoms with E-state index in [-0.39, 0.29) is 11.5 Å². The molecular weight excluding hydrogens is 339 g/mol. The molecule has 1 atom stereocenters. The van der Waals surface area contributed by atoms with Crippen molar-refractivity contribution in [2.45, 2.75) is 26.2 Å². The second-order valence-corrected chi connectivity index (χ2v) is 7.65. The summed E-state index contributed by atoms with van der Waals surface area (Å²) in [5.74, 6) is -0.237. The van der Waals surface area contributed by atoms with Gasteiger partial charge in [-0.3, -0.25) is 4.79 Å². The summed E-state index contributed by atoms with van der Waals surface area (Å²) >= 11 is 0. The third kappa shape index (κ3) is 5.16. The van der Waals surface area contributed by atoms with Crippen LogP contribution in [0.15, 0.2) is 48.5 Å². The molecule has 0 unspecified atom stereocenters. The van der Waals surface area contributed by atoms with Gasteiger partial charge >= 0.3 is 0 Å². The summed E-state index contributed by atoms with van der Waals surface area (Å²) in [4.78, 5) is 16.7. The van der Waals surface area contributed by atoms with Crippen LogP contribution in [-0.4, -0.2) is 48.9 Å². The maximum atomic E-state index is 13.9. The van der Waals surface area contributed by atoms with Crippen molar-refractivity contribution in [3.63, 3.8) is 0 Å². The van der Waals surface area contributed by atoms with Crippen molar-refractivity contribution in [2.24, 2.45) is 5.92 Å². The van der Waals surface area contributed by atoms with Gasteiger partial charge in [-0.1, -0.05) is 36.4 Å². The molecule has 0 saturated carbocycles. The summed E-state index contributed by atoms with van der Waals surface area (Å²) in [5.41, 5.74) is 2.92. The number of carbonyl (C=O) groups excluding carboxylic acids is 1. The molecule has 4 heteroatoms. The molecule has 27 heavy (non-hydrogen) atoms. The summed E-state index contributed by atoms with van der Waals surface area (Å²) in [6.45, 7) is 6.01. The van der Waals surface area contributed by atoms with Gasteiger partial charge in [-0.2, -0.15) is 0 Å². The SMILES string of the molecule is Cc1ccccc1CCN1CCC[C@H](CN(C)C(=O)c2ccccc2F)C1. The van der Waals surface area contributed by atoms with Crippen LogP contribution in [0.1, 0.15) is 34.3 Å². The number of nitrogens with zero attached hydrogens (tertiary/aromatic N) is 2. The predicted octanol–water partition coefficient (Wildman–Crippen LogP) is 4.16. The first-order valence-electron chi connectivity index (χ1n) is 9.81. The zero-order valence-corrected chi connectivity index (χ0v) is 16.3. The van der Waals surface area contributed by atoms with E-state index in [9.17, 15) is 9.18 Å². The third-order valence-electron chi connectivity index (χ3n) is 5.54. The van der Waals surface area contributed by atoms with Gasteiger partial charge in [0.1, 0.15) is 5.82 Å². The van der Waals surface area contributed by atoms with E-state index in [0.29, 0.717) is 12.5 Å². The fraction of sp³-hybridized carbons (Fsp3) is 0.435. The number of hydrogen-bond donors (Lipinski definition) is 0. The number of amides is 1. The molecule has 0 aliphatic carbocycles. The van der Waals surface area contributed by atoms with Crippen molar-refractivity contribution in [1.29, 1.82) is 0 Å². The molecule has 0 spiro atoms. The average Bonchev–Trinajstić information content (AvgIpc) is 2.67. The van der Waals surface area contributed by atoms with Crippen LogP contribution in [0.2, 0.25) is 0 Å². The Bertz CT molecular complexity index is 776. The number of likely N-dealkylation sites (tertiary alicyclic amines) is 1. The van der Waals surface area contributed by atoms with Crippen LogP contribution in [0.3, 0.4) is 0 Å². The standard InChI is InChI=1S/C23H29FN2O/c1-18-8-3-4-10-20(18)13-15-26-14-7-9-19(17-26)16-25(2)23(27)21-11-5-6-12-22(21)24/h3-6,8,10-12,19H,7,9,13-17H2,1-2H3/t19-/m1/s1. The maximum Gasteiger partial charge on any atom is 0.256 e. The molecule has 0 aromatic heterocycles. The van der Waals surface area contributed by atoms with Crippen LogP contribution in [-0.2, 0) is 6.42 Å². The molecule has 144 valence electrons. The molecule has 1 amide bonds. The van der Waals surface area contributed by atoms with E-state index in [4.69, 9.17) is 0 Å². The molecule has 0 bridgehead atoms. The number of piperidine rings is 1. The number of halogens is 1. The van der Waals surface area contributed by atoms with Crippen LogP contribution < -0.4 is 0 Å². The Balaban J connectivity index is 1.52. The minimum absolute atomic E-state index is 0.159. The second-order valence-electron chi connectivity index (χ2n) is 7.65. The Morgan fingerprint density at radius 1 is 1.19 bits per heavy atom. The molecule has 2 aromatic carbocycles. The summed E-state index contributed by atoms with van der Waals surface area (Å²) in [7, 11) is 1.78. The molecule has 0 radical (unpaired) electrons. The summed E-state index contributed by atoms with van der Waals surface area (Å²) in [6.07, 6.45) is 3.33. The van der Waals surface area contributed by atoms with Crippen molar-refractivity contribution < 1.29 is 9.18 Å². The largest absolute Gasteiger partial charge is 0.341 e. The van der Waals surface area contributed by atoms with Crippen LogP contribution in [0, 0.1) is 18.7 Å². The maximum absolute atomic E-state index is 13.9. The number of hydrogen-bond acceptors (Lipinski definition) is 2. The fourth-order valence-electron chi connectivity index (χ4n) is 3.98. The predicted molar refractivity (Wildman–Crippen MR) is 107 cm³/mol. The van der Waals surface area contributed by atoms with Gasteiger partial charge in [0.2, 0.25) is 0 Å². The lowest BCUT2D eigenvalue weighted by Gasteiger charge is -2.35. The van der Waals surface area contributed by atoms with Crippen LogP contribution >= 0.6 is 0 Å². The zero-order valence-electron chi connectivity index (χ0n) is 16.3. The van der Waals surface area contributed by atoms with Gasteiger partial charge in [-0.25, -0.2) is 4.39 Å². The monoisotopic (exact) mass is 368 g/mol. The molecule has 3 nitrogen and oxygen atoms in total. The van der Waals surface area contributed by atoms with Gasteiger partial charge < -0.3 is 9.80 Å². The fourth-order valence-corrected chi connectivity index (χ4v) is 3.98. The number of carbonyl (C=O) groups is 1. The molecule has 1 aliphatic heterocycles. The van der Waals surface area contributed by atoms with Gasteiger partial charge in [-0.15, -0.1) is 0 Å². The van der Waals surface area contributed by atoms with E-state index in [2.05, 4.69) is 36.1 Å². The van der Waals surface area contributed by atoms with E-state index >= 15 is 0 Å². The van der Waals surface area contributed by atoms with Crippen molar-refractivity contribution in [1.82, 2.24) is 9.80 Å². The smallest absolute Gasteiger partial charge is 0.256 e. The van der Waals surface area contributed by atoms with E-state index in [1.54, 1.807) is 30.1 Å². The highest BCUT2D eigenvalue weighted by atomic mass is 19.1. The molecule has 3 rings (SSSR count). The quantitative estimate of drug-likeness (QED) is 0.764. The van der Waals surface area contributed by atoms with Gasteiger partial charge in [0, 0.05) is 26.7 Å². The first-order chi connectivity index (χ1) is 13.0. The lowest BCUT2D eigenvalue weighted by molar-refractivity contribution is 0.0726. The molecule has 1 fully saturated rings. The Kier molecular flexibility index (Phi) is 6.62. The first-order valence-corrected chi connectivity index (χ1v) is 9.81. The normalized spacial score (nSPS) is 17.7. The Morgan fingerprint density at radius 3 is 2.70 bits per heavy atom. The molecule has 1 saturated heterocycles. The molecular formula is C23H29FN2O. The highest BCUT2D eigenvalue weighted by molar-refractivity contribution is 5.94. The van der Waals surface area contributed by atoms with Gasteiger partial charge in [0.15, 0.2) is 0 Å². The van der Waals surface area contributed by atoms with Crippen molar-refractivity contribution in [2.75, 3.05) is 33.2 Å². The lowest BCUT2D eigenvalue weighted by atomic mass is 9.96. The van der Waals surface area contributed by atoms with Crippen molar-refractivity contribution in [3.8, 4) is 0 Å². The van der Waals surface area contributed by atoms with Crippen LogP contribution in [0.4, 0.5) is 4.39 Å². The first kappa shape index (κ1) is 19.6. The van der Waals surface area contributed by atoms with Gasteiger partial charge in [-0.05, 0) is 61.9 Å². The molecule has 2 aromatic rings. The summed E-state index contributed by atoms with van der Waals surface area (Å²) in [5, 5.41) is 0. The summed E-state index contributed by atoms with van der Waals surface area (Å²) < 4.78 is 13.9. The highest BCUT2D eigenvalue weighted by Gasteiger charge is 2.24. The second kappa shape index (κ2) is 9.14. The van der Waals surface area contributed by atoms with Gasteiger partial charge in [0.25, 0.3) is 5.91 Å². The summed E-state index contributed by atoms with van der Waals surface area (Å²) in [6, 6.07) is 14.8. The van der Waals surface area contributed by atoms with Crippen LogP contribution in [0.5, 0.6) is 0 Å². The van der Waals surface area contributed by atoms with E-state index in [1.807, 2.05) is 0 Å². The topological polar surface area (TPSA) is 23.6 Å². The minimum Gasteiger partial charge on any atom is -0.341 e. The van der Waals surface area contributed by atoms with Crippen molar-refractivity contribution >= 4 is 5.91 Å². The number of rotatable bonds is 6. The van der Waals surface area contributed by atoms with E-state index in [1.165, 1.54) is 17.2 Å². The lowest BCUT2D eigenvalue weighted by Crippen LogP contribution is -2.42. The van der Waals surface area contributed by atoms with E-state index in [0.717, 1.165) is 38.9 Å². The highest BCUT2D eigenvalue weighted by Crippen LogP contribution is 2.19. The van der Waals surface area contributed by atoms with Gasteiger partial charge in [0.05, 0.1) is 5.56 Å². The Hall–Kier alpha value is -2.20. The molecule has 0 N–H and O–H groups in total. The number of benzene rings is 2. The van der Waals surface area contributed by atoms with Crippen LogP contribution in [0.25, 0.3) is 0 Å². The Morgan fingerprint density at radius 2 is 1.93 bits per heavy atom. The van der Waals surface area contributed by atoms with Crippen molar-refractivity contribution in [3.05, 3.63) is 71.0 Å². The minimum atomic E-state index is -0.446. The average molecular weight is 368 g/mol. The molecule has 1 aliphatic rings. The van der Waals surface area contributed by atoms with E-state index < -0.39 is 5.82 Å².